The second-order valence-corrected chi connectivity index (χ2v) is 9.50. The molecule has 11 heteroatoms. The molecule has 2 N–H and O–H groups in total. The lowest BCUT2D eigenvalue weighted by Gasteiger charge is -2.36. The van der Waals surface area contributed by atoms with Crippen LogP contribution in [0.15, 0.2) is 16.9 Å². The zero-order valence-electron chi connectivity index (χ0n) is 19.9. The smallest absolute Gasteiger partial charge is 0.270 e. The van der Waals surface area contributed by atoms with Gasteiger partial charge in [-0.05, 0) is 25.0 Å². The normalized spacial score (nSPS) is 17.8. The van der Waals surface area contributed by atoms with Crippen LogP contribution in [-0.2, 0) is 13.0 Å². The first-order valence-electron chi connectivity index (χ1n) is 12.2. The minimum absolute atomic E-state index is 0.0230. The van der Waals surface area contributed by atoms with E-state index in [4.69, 9.17) is 4.74 Å². The molecular weight excluding hydrogens is 470 g/mol. The summed E-state index contributed by atoms with van der Waals surface area (Å²) in [4.78, 5) is 39.3. The van der Waals surface area contributed by atoms with Crippen LogP contribution in [-0.4, -0.2) is 65.6 Å². The number of rotatable bonds is 5. The summed E-state index contributed by atoms with van der Waals surface area (Å²) in [7, 11) is 1.47. The number of halogens is 2. The van der Waals surface area contributed by atoms with E-state index < -0.39 is 17.7 Å². The zero-order valence-corrected chi connectivity index (χ0v) is 19.9. The largest absolute Gasteiger partial charge is 0.492 e. The quantitative estimate of drug-likeness (QED) is 0.522. The fourth-order valence-corrected chi connectivity index (χ4v) is 5.11. The Hall–Kier alpha value is -3.60. The number of piperazine rings is 1. The first-order chi connectivity index (χ1) is 17.4. The van der Waals surface area contributed by atoms with Gasteiger partial charge in [-0.25, -0.2) is 14.4 Å². The number of ether oxygens (including phenoxy) is 1. The number of carbonyl (C=O) groups excluding carboxylic acids is 1. The lowest BCUT2D eigenvalue weighted by molar-refractivity contribution is 0.0957. The van der Waals surface area contributed by atoms with Crippen molar-refractivity contribution in [3.05, 3.63) is 56.8 Å². The molecule has 0 spiro atoms. The highest BCUT2D eigenvalue weighted by Crippen LogP contribution is 2.41. The number of hydrogen-bond acceptors (Lipinski definition) is 7. The van der Waals surface area contributed by atoms with E-state index in [1.165, 1.54) is 13.1 Å². The van der Waals surface area contributed by atoms with Crippen LogP contribution in [0.2, 0.25) is 0 Å². The van der Waals surface area contributed by atoms with Crippen LogP contribution in [0.25, 0.3) is 11.0 Å². The predicted octanol–water partition coefficient (Wildman–Crippen LogP) is 2.09. The molecular formula is C25H26F2N6O3. The van der Waals surface area contributed by atoms with Crippen molar-refractivity contribution >= 4 is 22.6 Å². The van der Waals surface area contributed by atoms with E-state index in [-0.39, 0.29) is 22.7 Å². The summed E-state index contributed by atoms with van der Waals surface area (Å²) in [6.07, 6.45) is 2.49. The Labute approximate surface area is 205 Å². The van der Waals surface area contributed by atoms with Gasteiger partial charge in [0.05, 0.1) is 17.8 Å². The average Bonchev–Trinajstić information content (AvgIpc) is 3.62. The third kappa shape index (κ3) is 3.87. The maximum atomic E-state index is 15.7. The van der Waals surface area contributed by atoms with Crippen LogP contribution in [0.3, 0.4) is 0 Å². The number of aromatic nitrogens is 3. The maximum Gasteiger partial charge on any atom is 0.270 e. The van der Waals surface area contributed by atoms with E-state index in [2.05, 4.69) is 25.2 Å². The maximum absolute atomic E-state index is 15.7. The van der Waals surface area contributed by atoms with Gasteiger partial charge in [0.15, 0.2) is 5.82 Å². The van der Waals surface area contributed by atoms with Crippen molar-refractivity contribution in [1.82, 2.24) is 25.2 Å². The zero-order chi connectivity index (χ0) is 25.0. The lowest BCUT2D eigenvalue weighted by atomic mass is 10.0. The summed E-state index contributed by atoms with van der Waals surface area (Å²) in [6.45, 7) is 2.92. The number of nitrogens with one attached hydrogen (secondary N) is 2. The minimum atomic E-state index is -0.696. The molecule has 2 fully saturated rings. The summed E-state index contributed by atoms with van der Waals surface area (Å²) in [5, 5.41) is 2.43. The highest BCUT2D eigenvalue weighted by Gasteiger charge is 2.32. The number of fused-ring (bicyclic) bond motifs is 3. The Morgan fingerprint density at radius 2 is 1.97 bits per heavy atom. The van der Waals surface area contributed by atoms with Crippen LogP contribution in [0.1, 0.15) is 46.1 Å². The van der Waals surface area contributed by atoms with E-state index in [9.17, 15) is 14.0 Å². The highest BCUT2D eigenvalue weighted by atomic mass is 19.1. The average molecular weight is 497 g/mol. The molecule has 1 saturated heterocycles. The van der Waals surface area contributed by atoms with Crippen molar-refractivity contribution in [3.8, 4) is 5.75 Å². The Balaban J connectivity index is 1.23. The van der Waals surface area contributed by atoms with E-state index in [1.807, 2.05) is 4.90 Å². The number of anilines is 1. The molecule has 1 amide bonds. The minimum Gasteiger partial charge on any atom is -0.492 e. The van der Waals surface area contributed by atoms with Gasteiger partial charge in [-0.2, -0.15) is 4.39 Å². The van der Waals surface area contributed by atoms with Crippen LogP contribution in [0.5, 0.6) is 5.75 Å². The number of pyridine rings is 1. The number of benzene rings is 1. The van der Waals surface area contributed by atoms with Crippen molar-refractivity contribution in [2.75, 3.05) is 44.7 Å². The highest BCUT2D eigenvalue weighted by molar-refractivity contribution is 5.92. The molecule has 1 aromatic carbocycles. The molecule has 0 bridgehead atoms. The van der Waals surface area contributed by atoms with Crippen molar-refractivity contribution < 1.29 is 18.3 Å². The molecule has 1 aliphatic carbocycles. The topological polar surface area (TPSA) is 103 Å². The Morgan fingerprint density at radius 3 is 2.67 bits per heavy atom. The van der Waals surface area contributed by atoms with E-state index in [0.717, 1.165) is 18.4 Å². The third-order valence-corrected chi connectivity index (χ3v) is 7.20. The molecule has 3 aliphatic rings. The van der Waals surface area contributed by atoms with Crippen LogP contribution in [0.4, 0.5) is 14.5 Å². The van der Waals surface area contributed by atoms with Gasteiger partial charge in [0.2, 0.25) is 5.95 Å². The van der Waals surface area contributed by atoms with Gasteiger partial charge in [0.1, 0.15) is 22.7 Å². The van der Waals surface area contributed by atoms with E-state index >= 15 is 4.39 Å². The molecule has 1 saturated carbocycles. The predicted molar refractivity (Wildman–Crippen MR) is 129 cm³/mol. The molecule has 2 aromatic heterocycles. The molecule has 188 valence electrons. The van der Waals surface area contributed by atoms with Crippen molar-refractivity contribution in [2.45, 2.75) is 31.7 Å². The van der Waals surface area contributed by atoms with Crippen molar-refractivity contribution in [1.29, 1.82) is 0 Å². The molecule has 6 rings (SSSR count). The standard InChI is InChI=1S/C25H26F2N6O3/c1-28-24(34)16-4-5-17(23(27)29-16)33-9-7-32(8-10-33)12-15-18(26)21-20(14-6-11-36-22(14)15)30-19(13-2-3-13)25(35)31-21/h4-5,13H,2-3,6-12H2,1H3,(H,28,34)(H,31,35). The molecule has 0 radical (unpaired) electrons. The molecule has 4 heterocycles. The van der Waals surface area contributed by atoms with Crippen LogP contribution in [0, 0.1) is 11.8 Å². The lowest BCUT2D eigenvalue weighted by Crippen LogP contribution is -2.46. The third-order valence-electron chi connectivity index (χ3n) is 7.20. The van der Waals surface area contributed by atoms with Gasteiger partial charge in [-0.1, -0.05) is 0 Å². The van der Waals surface area contributed by atoms with Crippen LogP contribution < -0.4 is 20.5 Å². The van der Waals surface area contributed by atoms with Crippen molar-refractivity contribution in [2.24, 2.45) is 0 Å². The summed E-state index contributed by atoms with van der Waals surface area (Å²) in [6, 6.07) is 3.06. The summed E-state index contributed by atoms with van der Waals surface area (Å²) >= 11 is 0. The van der Waals surface area contributed by atoms with E-state index in [1.54, 1.807) is 6.07 Å². The number of carbonyl (C=O) groups is 1. The molecule has 0 atom stereocenters. The first kappa shape index (κ1) is 22.8. The Kier molecular flexibility index (Phi) is 5.59. The monoisotopic (exact) mass is 496 g/mol. The molecule has 0 unspecified atom stereocenters. The number of hydrogen-bond donors (Lipinski definition) is 2. The SMILES string of the molecule is CNC(=O)c1ccc(N2CCN(Cc3c4c(c5nc(C6CC6)c(=O)[nH]c5c3F)CCO4)CC2)c(F)n1. The van der Waals surface area contributed by atoms with Gasteiger partial charge in [0, 0.05) is 63.2 Å². The molecule has 2 aliphatic heterocycles. The second kappa shape index (κ2) is 8.81. The summed E-state index contributed by atoms with van der Waals surface area (Å²) in [5.74, 6) is -0.949. The van der Waals surface area contributed by atoms with Crippen molar-refractivity contribution in [3.63, 3.8) is 0 Å². The Morgan fingerprint density at radius 1 is 1.19 bits per heavy atom. The fraction of sp³-hybridized carbons (Fsp3) is 0.440. The van der Waals surface area contributed by atoms with Gasteiger partial charge in [0.25, 0.3) is 11.5 Å². The first-order valence-corrected chi connectivity index (χ1v) is 12.2. The number of H-pyrrole nitrogens is 1. The summed E-state index contributed by atoms with van der Waals surface area (Å²) < 4.78 is 36.2. The number of aromatic amines is 1. The van der Waals surface area contributed by atoms with Gasteiger partial charge < -0.3 is 19.9 Å². The summed E-state index contributed by atoms with van der Waals surface area (Å²) in [5.41, 5.74) is 2.44. The molecule has 36 heavy (non-hydrogen) atoms. The number of amides is 1. The van der Waals surface area contributed by atoms with Gasteiger partial charge in [-0.3, -0.25) is 14.5 Å². The number of nitrogens with zero attached hydrogens (tertiary/aromatic N) is 4. The van der Waals surface area contributed by atoms with Gasteiger partial charge >= 0.3 is 0 Å². The molecule has 3 aromatic rings. The fourth-order valence-electron chi connectivity index (χ4n) is 5.11. The van der Waals surface area contributed by atoms with Crippen LogP contribution >= 0.6 is 0 Å². The second-order valence-electron chi connectivity index (χ2n) is 9.50. The Bertz CT molecular complexity index is 1430. The van der Waals surface area contributed by atoms with Gasteiger partial charge in [-0.15, -0.1) is 0 Å². The van der Waals surface area contributed by atoms with E-state index in [0.29, 0.717) is 74.0 Å². The molecule has 9 nitrogen and oxygen atoms in total.